The Morgan fingerprint density at radius 2 is 2.05 bits per heavy atom. The summed E-state index contributed by atoms with van der Waals surface area (Å²) in [4.78, 5) is 6.73. The van der Waals surface area contributed by atoms with Crippen molar-refractivity contribution in [1.29, 1.82) is 0 Å². The normalized spacial score (nSPS) is 21.1. The van der Waals surface area contributed by atoms with Crippen molar-refractivity contribution in [2.24, 2.45) is 4.99 Å². The number of nitrogens with zero attached hydrogens (tertiary/aromatic N) is 2. The maximum Gasteiger partial charge on any atom is 0.173 e. The van der Waals surface area contributed by atoms with Crippen molar-refractivity contribution in [3.05, 3.63) is 36.4 Å². The van der Waals surface area contributed by atoms with E-state index in [2.05, 4.69) is 58.7 Å². The van der Waals surface area contributed by atoms with Crippen LogP contribution in [0.5, 0.6) is 5.75 Å². The molecule has 0 aliphatic carbocycles. The van der Waals surface area contributed by atoms with Crippen LogP contribution < -0.4 is 15.0 Å². The van der Waals surface area contributed by atoms with E-state index in [0.717, 1.165) is 36.9 Å². The molecule has 0 spiro atoms. The molecule has 0 aromatic heterocycles. The third-order valence-electron chi connectivity index (χ3n) is 3.95. The van der Waals surface area contributed by atoms with Gasteiger partial charge in [-0.05, 0) is 22.9 Å². The van der Waals surface area contributed by atoms with Crippen LogP contribution in [0.15, 0.2) is 41.4 Å². The lowest BCUT2D eigenvalue weighted by molar-refractivity contribution is 0.256. The molecule has 0 fully saturated rings. The quantitative estimate of drug-likeness (QED) is 0.859. The molecule has 0 saturated heterocycles. The van der Waals surface area contributed by atoms with Crippen molar-refractivity contribution in [3.8, 4) is 5.75 Å². The molecule has 102 valence electrons. The van der Waals surface area contributed by atoms with Crippen molar-refractivity contribution in [1.82, 2.24) is 5.32 Å². The Morgan fingerprint density at radius 1 is 1.25 bits per heavy atom. The van der Waals surface area contributed by atoms with Crippen LogP contribution in [0.1, 0.15) is 0 Å². The molecule has 2 aromatic rings. The van der Waals surface area contributed by atoms with Crippen molar-refractivity contribution >= 4 is 22.3 Å². The highest BCUT2D eigenvalue weighted by atomic mass is 16.5. The number of fused-ring (bicyclic) bond motifs is 2. The molecule has 1 N–H and O–H groups in total. The summed E-state index contributed by atoms with van der Waals surface area (Å²) in [6.45, 7) is 2.60. The maximum atomic E-state index is 6.16. The second-order valence-electron chi connectivity index (χ2n) is 5.35. The van der Waals surface area contributed by atoms with Gasteiger partial charge in [-0.25, -0.2) is 0 Å². The number of aliphatic imine (C=N–C) groups is 1. The molecule has 4 heteroatoms. The molecule has 2 aliphatic rings. The third-order valence-corrected chi connectivity index (χ3v) is 3.95. The number of likely N-dealkylation sites (N-methyl/N-ethyl adjacent to an activating group) is 1. The van der Waals surface area contributed by atoms with Crippen molar-refractivity contribution in [2.45, 2.75) is 6.10 Å². The molecule has 0 amide bonds. The van der Waals surface area contributed by atoms with E-state index in [4.69, 9.17) is 4.74 Å². The number of rotatable bonds is 1. The smallest absolute Gasteiger partial charge is 0.173 e. The van der Waals surface area contributed by atoms with E-state index < -0.39 is 0 Å². The van der Waals surface area contributed by atoms with Gasteiger partial charge in [-0.1, -0.05) is 24.3 Å². The van der Waals surface area contributed by atoms with E-state index in [1.165, 1.54) is 10.8 Å². The van der Waals surface area contributed by atoms with Crippen LogP contribution in [-0.4, -0.2) is 38.6 Å². The van der Waals surface area contributed by atoms with Gasteiger partial charge in [0.15, 0.2) is 6.10 Å². The minimum Gasteiger partial charge on any atom is -0.478 e. The molecule has 2 aromatic carbocycles. The number of hydrogen-bond donors (Lipinski definition) is 1. The number of amidine groups is 1. The van der Waals surface area contributed by atoms with Crippen molar-refractivity contribution in [2.75, 3.05) is 31.6 Å². The second kappa shape index (κ2) is 4.40. The van der Waals surface area contributed by atoms with Crippen LogP contribution in [0.2, 0.25) is 0 Å². The number of hydrogen-bond acceptors (Lipinski definition) is 4. The SMILES string of the molecule is CN1CC(C2=NCCN2)Oc2cc3ccccc3cc21. The second-order valence-corrected chi connectivity index (χ2v) is 5.35. The molecule has 1 unspecified atom stereocenters. The van der Waals surface area contributed by atoms with Crippen molar-refractivity contribution < 1.29 is 4.74 Å². The van der Waals surface area contributed by atoms with Gasteiger partial charge in [0.1, 0.15) is 11.6 Å². The van der Waals surface area contributed by atoms with Crippen LogP contribution in [0.3, 0.4) is 0 Å². The first-order valence-corrected chi connectivity index (χ1v) is 7.00. The summed E-state index contributed by atoms with van der Waals surface area (Å²) in [5.41, 5.74) is 1.15. The molecule has 2 heterocycles. The summed E-state index contributed by atoms with van der Waals surface area (Å²) < 4.78 is 6.16. The first kappa shape index (κ1) is 11.6. The summed E-state index contributed by atoms with van der Waals surface area (Å²) >= 11 is 0. The van der Waals surface area contributed by atoms with Gasteiger partial charge in [-0.15, -0.1) is 0 Å². The number of ether oxygens (including phenoxy) is 1. The highest BCUT2D eigenvalue weighted by Gasteiger charge is 2.28. The first-order chi connectivity index (χ1) is 9.81. The summed E-state index contributed by atoms with van der Waals surface area (Å²) in [7, 11) is 2.11. The molecule has 1 atom stereocenters. The lowest BCUT2D eigenvalue weighted by Crippen LogP contribution is -2.46. The number of nitrogens with one attached hydrogen (secondary N) is 1. The Bertz CT molecular complexity index is 695. The van der Waals surface area contributed by atoms with Gasteiger partial charge in [0.2, 0.25) is 0 Å². The Hall–Kier alpha value is -2.23. The van der Waals surface area contributed by atoms with E-state index in [0.29, 0.717) is 0 Å². The zero-order valence-electron chi connectivity index (χ0n) is 11.5. The van der Waals surface area contributed by atoms with Gasteiger partial charge in [-0.2, -0.15) is 0 Å². The van der Waals surface area contributed by atoms with E-state index in [9.17, 15) is 0 Å². The number of benzene rings is 2. The van der Waals surface area contributed by atoms with Crippen LogP contribution >= 0.6 is 0 Å². The molecule has 20 heavy (non-hydrogen) atoms. The maximum absolute atomic E-state index is 6.16. The molecule has 4 nitrogen and oxygen atoms in total. The first-order valence-electron chi connectivity index (χ1n) is 7.00. The van der Waals surface area contributed by atoms with Gasteiger partial charge in [0.25, 0.3) is 0 Å². The predicted molar refractivity (Wildman–Crippen MR) is 81.9 cm³/mol. The van der Waals surface area contributed by atoms with Crippen LogP contribution in [0.25, 0.3) is 10.8 Å². The molecule has 4 rings (SSSR count). The van der Waals surface area contributed by atoms with Crippen LogP contribution in [0, 0.1) is 0 Å². The molecule has 0 radical (unpaired) electrons. The lowest BCUT2D eigenvalue weighted by Gasteiger charge is -2.34. The van der Waals surface area contributed by atoms with Crippen molar-refractivity contribution in [3.63, 3.8) is 0 Å². The Morgan fingerprint density at radius 3 is 2.80 bits per heavy atom. The zero-order chi connectivity index (χ0) is 13.5. The Kier molecular flexibility index (Phi) is 2.55. The molecule has 2 aliphatic heterocycles. The molecular formula is C16H17N3O. The topological polar surface area (TPSA) is 36.9 Å². The Labute approximate surface area is 118 Å². The average Bonchev–Trinajstić information content (AvgIpc) is 2.99. The number of anilines is 1. The highest BCUT2D eigenvalue weighted by molar-refractivity contribution is 5.92. The van der Waals surface area contributed by atoms with Gasteiger partial charge < -0.3 is 15.0 Å². The summed E-state index contributed by atoms with van der Waals surface area (Å²) in [5.74, 6) is 1.93. The van der Waals surface area contributed by atoms with E-state index in [1.54, 1.807) is 0 Å². The summed E-state index contributed by atoms with van der Waals surface area (Å²) in [6, 6.07) is 12.7. The summed E-state index contributed by atoms with van der Waals surface area (Å²) in [6.07, 6.45) is 0.0103. The Balaban J connectivity index is 1.76. The van der Waals surface area contributed by atoms with E-state index in [-0.39, 0.29) is 6.10 Å². The molecular weight excluding hydrogens is 250 g/mol. The molecule has 0 saturated carbocycles. The largest absolute Gasteiger partial charge is 0.478 e. The standard InChI is InChI=1S/C16H17N3O/c1-19-10-15(16-17-6-7-18-16)20-14-9-12-5-3-2-4-11(12)8-13(14)19/h2-5,8-9,15H,6-7,10H2,1H3,(H,17,18). The predicted octanol–water partition coefficient (Wildman–Crippen LogP) is 2.04. The lowest BCUT2D eigenvalue weighted by atomic mass is 10.1. The van der Waals surface area contributed by atoms with Crippen LogP contribution in [0.4, 0.5) is 5.69 Å². The highest BCUT2D eigenvalue weighted by Crippen LogP contribution is 2.36. The van der Waals surface area contributed by atoms with E-state index in [1.807, 2.05) is 0 Å². The zero-order valence-corrected chi connectivity index (χ0v) is 11.5. The minimum atomic E-state index is 0.0103. The fourth-order valence-electron chi connectivity index (χ4n) is 2.91. The van der Waals surface area contributed by atoms with E-state index >= 15 is 0 Å². The van der Waals surface area contributed by atoms with Gasteiger partial charge in [0.05, 0.1) is 18.8 Å². The minimum absolute atomic E-state index is 0.0103. The monoisotopic (exact) mass is 267 g/mol. The van der Waals surface area contributed by atoms with Gasteiger partial charge >= 0.3 is 0 Å². The van der Waals surface area contributed by atoms with Crippen LogP contribution in [-0.2, 0) is 0 Å². The average molecular weight is 267 g/mol. The third kappa shape index (κ3) is 1.80. The fourth-order valence-corrected chi connectivity index (χ4v) is 2.91. The van der Waals surface area contributed by atoms with Gasteiger partial charge in [0, 0.05) is 13.6 Å². The van der Waals surface area contributed by atoms with Gasteiger partial charge in [-0.3, -0.25) is 4.99 Å². The summed E-state index contributed by atoms with van der Waals surface area (Å²) in [5, 5.41) is 5.77. The molecule has 0 bridgehead atoms. The fraction of sp³-hybridized carbons (Fsp3) is 0.312.